The fraction of sp³-hybridized carbons (Fsp3) is 0.352. The van der Waals surface area contributed by atoms with Crippen LogP contribution in [0, 0.1) is 23.7 Å². The SMILES string of the molecule is CCCN(CC1Nc2ccc3cc4c(cc3c2N1)[C]1C(C)=C1Cc1cc(-c2cnc(CN(CCC)C(=O)[C@H](NC(=O)C3=CC=C3)c3ccccc3)[nH]2)ccc1-4)C(=O)C(C(C)C)C(C)C. The highest BCUT2D eigenvalue weighted by Crippen LogP contribution is 2.56. The van der Waals surface area contributed by atoms with E-state index in [1.54, 1.807) is 17.1 Å². The van der Waals surface area contributed by atoms with Gasteiger partial charge in [-0.25, -0.2) is 4.98 Å². The zero-order valence-corrected chi connectivity index (χ0v) is 38.1. The predicted octanol–water partition coefficient (Wildman–Crippen LogP) is 10.1. The standard InChI is InChI=1S/C54H60N7O3/c1-8-22-60(53(63)48(31(3)4)32(5)6)30-47-56-44-21-19-36-25-42-39-20-18-37(24-38(39)26-40-33(7)49(40)43(42)27-41(36)51(44)58-47)45-28-55-46(57-45)29-61(23-9-2)54(64)50(34-14-11-10-12-15-34)59-52(62)35-16-13-17-35/h10-21,24-25,27-28,31-32,47-48,50,56,58H,8-9,22-23,26,29-30H2,1-7H3,(H,55,57)(H,59,62)/t47?,50-/m1/s1. The number of amides is 3. The Hall–Kier alpha value is -6.42. The van der Waals surface area contributed by atoms with Gasteiger partial charge in [0.2, 0.25) is 11.8 Å². The Morgan fingerprint density at radius 2 is 1.59 bits per heavy atom. The lowest BCUT2D eigenvalue weighted by Crippen LogP contribution is -2.46. The molecule has 0 spiro atoms. The van der Waals surface area contributed by atoms with Gasteiger partial charge in [0.1, 0.15) is 18.0 Å². The van der Waals surface area contributed by atoms with E-state index < -0.39 is 6.04 Å². The molecule has 0 fully saturated rings. The number of anilines is 2. The number of nitrogens with zero attached hydrogens (tertiary/aromatic N) is 3. The van der Waals surface area contributed by atoms with Crippen molar-refractivity contribution in [2.45, 2.75) is 86.5 Å². The second-order valence-electron chi connectivity index (χ2n) is 18.6. The Bertz CT molecular complexity index is 2720. The lowest BCUT2D eigenvalue weighted by atomic mass is 9.84. The number of benzene rings is 4. The van der Waals surface area contributed by atoms with Crippen LogP contribution in [0.25, 0.3) is 33.2 Å². The van der Waals surface area contributed by atoms with Crippen LogP contribution in [-0.4, -0.2) is 63.3 Å². The van der Waals surface area contributed by atoms with Crippen molar-refractivity contribution in [1.29, 1.82) is 0 Å². The van der Waals surface area contributed by atoms with Gasteiger partial charge < -0.3 is 30.7 Å². The zero-order chi connectivity index (χ0) is 44.8. The third kappa shape index (κ3) is 8.14. The summed E-state index contributed by atoms with van der Waals surface area (Å²) in [6.45, 7) is 17.2. The number of imidazole rings is 1. The molecule has 9 rings (SSSR count). The van der Waals surface area contributed by atoms with E-state index in [4.69, 9.17) is 4.98 Å². The molecule has 0 saturated carbocycles. The molecular weight excluding hydrogens is 795 g/mol. The first-order valence-corrected chi connectivity index (χ1v) is 23.1. The number of carbonyl (C=O) groups is 3. The van der Waals surface area contributed by atoms with Gasteiger partial charge in [-0.05, 0) is 119 Å². The van der Waals surface area contributed by atoms with Gasteiger partial charge in [0.15, 0.2) is 0 Å². The lowest BCUT2D eigenvalue weighted by Gasteiger charge is -2.33. The fourth-order valence-electron chi connectivity index (χ4n) is 10.2. The molecule has 4 aromatic carbocycles. The van der Waals surface area contributed by atoms with Crippen molar-refractivity contribution in [3.63, 3.8) is 0 Å². The number of aromatic nitrogens is 2. The van der Waals surface area contributed by atoms with Crippen molar-refractivity contribution in [3.8, 4) is 22.4 Å². The molecule has 0 saturated heterocycles. The van der Waals surface area contributed by atoms with E-state index >= 15 is 0 Å². The smallest absolute Gasteiger partial charge is 0.252 e. The Balaban J connectivity index is 0.957. The molecule has 10 nitrogen and oxygen atoms in total. The zero-order valence-electron chi connectivity index (χ0n) is 38.1. The molecule has 4 N–H and O–H groups in total. The summed E-state index contributed by atoms with van der Waals surface area (Å²) in [6.07, 6.45) is 9.61. The summed E-state index contributed by atoms with van der Waals surface area (Å²) in [5, 5.41) is 12.8. The molecule has 1 aliphatic heterocycles. The largest absolute Gasteiger partial charge is 0.362 e. The maximum atomic E-state index is 14.2. The third-order valence-corrected chi connectivity index (χ3v) is 13.4. The number of hydrogen-bond acceptors (Lipinski definition) is 6. The molecular formula is C54H60N7O3. The minimum Gasteiger partial charge on any atom is -0.362 e. The Kier molecular flexibility index (Phi) is 11.8. The number of rotatable bonds is 16. The second kappa shape index (κ2) is 17.6. The van der Waals surface area contributed by atoms with E-state index in [1.165, 1.54) is 50.1 Å². The van der Waals surface area contributed by atoms with E-state index in [1.807, 2.05) is 49.5 Å². The molecule has 1 aromatic heterocycles. The average Bonchev–Trinajstić information content (AvgIpc) is 3.52. The van der Waals surface area contributed by atoms with Crippen molar-refractivity contribution in [3.05, 3.63) is 142 Å². The summed E-state index contributed by atoms with van der Waals surface area (Å²) in [6, 6.07) is 24.4. The molecule has 329 valence electrons. The molecule has 0 bridgehead atoms. The van der Waals surface area contributed by atoms with Crippen molar-refractivity contribution in [1.82, 2.24) is 25.1 Å². The molecule has 10 heteroatoms. The predicted molar refractivity (Wildman–Crippen MR) is 257 cm³/mol. The van der Waals surface area contributed by atoms with Crippen LogP contribution in [0.3, 0.4) is 0 Å². The molecule has 5 aromatic rings. The summed E-state index contributed by atoms with van der Waals surface area (Å²) in [7, 11) is 0. The van der Waals surface area contributed by atoms with Crippen LogP contribution < -0.4 is 16.0 Å². The van der Waals surface area contributed by atoms with Crippen molar-refractivity contribution in [2.24, 2.45) is 17.8 Å². The van der Waals surface area contributed by atoms with E-state index in [2.05, 4.69) is 110 Å². The number of allylic oxidation sites excluding steroid dienone is 4. The molecule has 4 aliphatic rings. The quantitative estimate of drug-likeness (QED) is 0.0784. The number of hydrogen-bond donors (Lipinski definition) is 4. The van der Waals surface area contributed by atoms with Crippen LogP contribution in [-0.2, 0) is 27.3 Å². The average molecular weight is 855 g/mol. The summed E-state index contributed by atoms with van der Waals surface area (Å²) in [4.78, 5) is 53.3. The van der Waals surface area contributed by atoms with Crippen LogP contribution >= 0.6 is 0 Å². The minimum absolute atomic E-state index is 0.00396. The van der Waals surface area contributed by atoms with Gasteiger partial charge in [-0.1, -0.05) is 102 Å². The Morgan fingerprint density at radius 3 is 2.30 bits per heavy atom. The van der Waals surface area contributed by atoms with E-state index in [0.29, 0.717) is 24.5 Å². The van der Waals surface area contributed by atoms with Gasteiger partial charge >= 0.3 is 0 Å². The highest BCUT2D eigenvalue weighted by molar-refractivity contribution is 6.06. The van der Waals surface area contributed by atoms with E-state index in [-0.39, 0.29) is 48.2 Å². The first-order chi connectivity index (χ1) is 30.9. The number of H-pyrrole nitrogens is 1. The summed E-state index contributed by atoms with van der Waals surface area (Å²) >= 11 is 0. The van der Waals surface area contributed by atoms with Crippen LogP contribution in [0.1, 0.15) is 89.9 Å². The molecule has 2 atom stereocenters. The van der Waals surface area contributed by atoms with Gasteiger partial charge in [0.05, 0.1) is 42.3 Å². The van der Waals surface area contributed by atoms with Gasteiger partial charge in [-0.2, -0.15) is 0 Å². The maximum Gasteiger partial charge on any atom is 0.252 e. The number of carbonyl (C=O) groups excluding carboxylic acids is 3. The van der Waals surface area contributed by atoms with Gasteiger partial charge in [0.25, 0.3) is 5.91 Å². The minimum atomic E-state index is -0.826. The summed E-state index contributed by atoms with van der Waals surface area (Å²) < 4.78 is 0. The van der Waals surface area contributed by atoms with Crippen LogP contribution in [0.15, 0.2) is 114 Å². The first kappa shape index (κ1) is 42.9. The molecule has 1 radical (unpaired) electrons. The van der Waals surface area contributed by atoms with Crippen LogP contribution in [0.2, 0.25) is 0 Å². The van der Waals surface area contributed by atoms with Crippen LogP contribution in [0.4, 0.5) is 11.4 Å². The van der Waals surface area contributed by atoms with Crippen LogP contribution in [0.5, 0.6) is 0 Å². The Labute approximate surface area is 377 Å². The number of fused-ring (bicyclic) bond motifs is 8. The lowest BCUT2D eigenvalue weighted by molar-refractivity contribution is -0.139. The second-order valence-corrected chi connectivity index (χ2v) is 18.6. The highest BCUT2D eigenvalue weighted by Gasteiger charge is 2.40. The van der Waals surface area contributed by atoms with Gasteiger partial charge in [0, 0.05) is 30.0 Å². The van der Waals surface area contributed by atoms with Crippen molar-refractivity contribution >= 4 is 39.9 Å². The van der Waals surface area contributed by atoms with E-state index in [9.17, 15) is 14.4 Å². The fourth-order valence-corrected chi connectivity index (χ4v) is 10.2. The van der Waals surface area contributed by atoms with E-state index in [0.717, 1.165) is 54.0 Å². The monoisotopic (exact) mass is 854 g/mol. The maximum absolute atomic E-state index is 14.2. The Morgan fingerprint density at radius 1 is 0.844 bits per heavy atom. The van der Waals surface area contributed by atoms with Crippen molar-refractivity contribution in [2.75, 3.05) is 30.3 Å². The summed E-state index contributed by atoms with van der Waals surface area (Å²) in [5.74, 6) is 2.40. The molecule has 2 heterocycles. The molecule has 1 unspecified atom stereocenters. The first-order valence-electron chi connectivity index (χ1n) is 23.1. The molecule has 3 aliphatic carbocycles. The molecule has 64 heavy (non-hydrogen) atoms. The van der Waals surface area contributed by atoms with Crippen molar-refractivity contribution < 1.29 is 14.4 Å². The third-order valence-electron chi connectivity index (χ3n) is 13.4. The van der Waals surface area contributed by atoms with Gasteiger partial charge in [-0.3, -0.25) is 14.4 Å². The topological polar surface area (TPSA) is 122 Å². The summed E-state index contributed by atoms with van der Waals surface area (Å²) in [5.41, 5.74) is 13.1. The van der Waals surface area contributed by atoms with Gasteiger partial charge in [-0.15, -0.1) is 0 Å². The highest BCUT2D eigenvalue weighted by atomic mass is 16.2. The number of nitrogens with one attached hydrogen (secondary N) is 4. The normalized spacial score (nSPS) is 16.3. The number of aromatic amines is 1. The molecule has 3 amide bonds.